The van der Waals surface area contributed by atoms with E-state index in [1.54, 1.807) is 0 Å². The van der Waals surface area contributed by atoms with Crippen molar-refractivity contribution in [1.29, 1.82) is 0 Å². The van der Waals surface area contributed by atoms with Crippen LogP contribution in [0, 0.1) is 11.6 Å². The van der Waals surface area contributed by atoms with Crippen molar-refractivity contribution in [2.75, 3.05) is 19.7 Å². The van der Waals surface area contributed by atoms with Gasteiger partial charge in [0, 0.05) is 25.3 Å². The molecule has 22 heavy (non-hydrogen) atoms. The number of nitrogens with zero attached hydrogens (tertiary/aromatic N) is 1. The molecule has 1 heterocycles. The maximum absolute atomic E-state index is 13.1. The van der Waals surface area contributed by atoms with Crippen LogP contribution in [0.3, 0.4) is 0 Å². The predicted molar refractivity (Wildman–Crippen MR) is 79.1 cm³/mol. The van der Waals surface area contributed by atoms with E-state index in [1.807, 2.05) is 0 Å². The van der Waals surface area contributed by atoms with E-state index >= 15 is 0 Å². The molecule has 0 aromatic heterocycles. The third-order valence-electron chi connectivity index (χ3n) is 3.95. The normalized spacial score (nSPS) is 18.6. The van der Waals surface area contributed by atoms with Gasteiger partial charge in [-0.3, -0.25) is 9.69 Å². The van der Waals surface area contributed by atoms with Crippen molar-refractivity contribution in [2.24, 2.45) is 0 Å². The Morgan fingerprint density at radius 2 is 2.05 bits per heavy atom. The van der Waals surface area contributed by atoms with Gasteiger partial charge >= 0.3 is 0 Å². The number of amides is 1. The SMILES string of the molecule is O=C(CN1CCCC1CCCO)NCc1cc(F)cc(F)c1. The van der Waals surface area contributed by atoms with Crippen LogP contribution in [0.5, 0.6) is 0 Å². The van der Waals surface area contributed by atoms with Gasteiger partial charge in [-0.05, 0) is 49.9 Å². The van der Waals surface area contributed by atoms with Gasteiger partial charge in [0.05, 0.1) is 6.54 Å². The lowest BCUT2D eigenvalue weighted by Crippen LogP contribution is -2.39. The average molecular weight is 312 g/mol. The summed E-state index contributed by atoms with van der Waals surface area (Å²) in [7, 11) is 0. The molecule has 1 saturated heterocycles. The molecule has 1 aromatic carbocycles. The van der Waals surface area contributed by atoms with Crippen molar-refractivity contribution >= 4 is 5.91 Å². The van der Waals surface area contributed by atoms with Gasteiger partial charge in [0.1, 0.15) is 11.6 Å². The smallest absolute Gasteiger partial charge is 0.234 e. The fourth-order valence-electron chi connectivity index (χ4n) is 2.91. The zero-order chi connectivity index (χ0) is 15.9. The van der Waals surface area contributed by atoms with Crippen molar-refractivity contribution in [2.45, 2.75) is 38.3 Å². The Hall–Kier alpha value is -1.53. The molecule has 1 unspecified atom stereocenters. The summed E-state index contributed by atoms with van der Waals surface area (Å²) in [6, 6.07) is 3.57. The van der Waals surface area contributed by atoms with Gasteiger partial charge in [-0.15, -0.1) is 0 Å². The second-order valence-corrected chi connectivity index (χ2v) is 5.69. The quantitative estimate of drug-likeness (QED) is 0.807. The lowest BCUT2D eigenvalue weighted by atomic mass is 10.1. The van der Waals surface area contributed by atoms with Gasteiger partial charge in [-0.2, -0.15) is 0 Å². The highest BCUT2D eigenvalue weighted by molar-refractivity contribution is 5.78. The third-order valence-corrected chi connectivity index (χ3v) is 3.95. The Morgan fingerprint density at radius 3 is 2.73 bits per heavy atom. The highest BCUT2D eigenvalue weighted by Gasteiger charge is 2.25. The summed E-state index contributed by atoms with van der Waals surface area (Å²) >= 11 is 0. The van der Waals surface area contributed by atoms with Crippen LogP contribution in [0.4, 0.5) is 8.78 Å². The van der Waals surface area contributed by atoms with E-state index in [1.165, 1.54) is 12.1 Å². The average Bonchev–Trinajstić information content (AvgIpc) is 2.89. The summed E-state index contributed by atoms with van der Waals surface area (Å²) in [5.41, 5.74) is 0.407. The predicted octanol–water partition coefficient (Wildman–Crippen LogP) is 1.82. The van der Waals surface area contributed by atoms with Crippen LogP contribution in [0.1, 0.15) is 31.2 Å². The number of hydrogen-bond acceptors (Lipinski definition) is 3. The molecule has 0 spiro atoms. The molecule has 4 nitrogen and oxygen atoms in total. The van der Waals surface area contributed by atoms with Crippen LogP contribution in [0.15, 0.2) is 18.2 Å². The number of halogens is 2. The number of rotatable bonds is 7. The molecular weight excluding hydrogens is 290 g/mol. The summed E-state index contributed by atoms with van der Waals surface area (Å²) in [5.74, 6) is -1.44. The number of aliphatic hydroxyl groups is 1. The van der Waals surface area contributed by atoms with Crippen molar-refractivity contribution in [3.8, 4) is 0 Å². The molecule has 0 aliphatic carbocycles. The number of benzene rings is 1. The van der Waals surface area contributed by atoms with E-state index in [2.05, 4.69) is 10.2 Å². The zero-order valence-electron chi connectivity index (χ0n) is 12.5. The number of carbonyl (C=O) groups is 1. The fraction of sp³-hybridized carbons (Fsp3) is 0.562. The van der Waals surface area contributed by atoms with Crippen LogP contribution >= 0.6 is 0 Å². The Labute approximate surface area is 129 Å². The number of aliphatic hydroxyl groups excluding tert-OH is 1. The lowest BCUT2D eigenvalue weighted by molar-refractivity contribution is -0.122. The largest absolute Gasteiger partial charge is 0.396 e. The van der Waals surface area contributed by atoms with E-state index in [4.69, 9.17) is 5.11 Å². The van der Waals surface area contributed by atoms with Crippen molar-refractivity contribution < 1.29 is 18.7 Å². The molecule has 1 aliphatic rings. The Balaban J connectivity index is 1.79. The Morgan fingerprint density at radius 1 is 1.32 bits per heavy atom. The van der Waals surface area contributed by atoms with Crippen LogP contribution in [-0.2, 0) is 11.3 Å². The second-order valence-electron chi connectivity index (χ2n) is 5.69. The first kappa shape index (κ1) is 16.8. The highest BCUT2D eigenvalue weighted by Crippen LogP contribution is 2.20. The summed E-state index contributed by atoms with van der Waals surface area (Å²) in [6.45, 7) is 1.44. The minimum absolute atomic E-state index is 0.114. The zero-order valence-corrected chi connectivity index (χ0v) is 12.5. The Kier molecular flexibility index (Phi) is 6.27. The Bertz CT molecular complexity index is 491. The summed E-state index contributed by atoms with van der Waals surface area (Å²) < 4.78 is 26.1. The van der Waals surface area contributed by atoms with Gasteiger partial charge in [0.15, 0.2) is 0 Å². The molecule has 122 valence electrons. The molecule has 0 radical (unpaired) electrons. The van der Waals surface area contributed by atoms with E-state index in [0.717, 1.165) is 38.3 Å². The lowest BCUT2D eigenvalue weighted by Gasteiger charge is -2.23. The highest BCUT2D eigenvalue weighted by atomic mass is 19.1. The first-order valence-corrected chi connectivity index (χ1v) is 7.65. The van der Waals surface area contributed by atoms with Gasteiger partial charge in [-0.25, -0.2) is 8.78 Å². The van der Waals surface area contributed by atoms with E-state index < -0.39 is 11.6 Å². The van der Waals surface area contributed by atoms with Crippen LogP contribution in [0.25, 0.3) is 0 Å². The molecule has 1 amide bonds. The van der Waals surface area contributed by atoms with Crippen LogP contribution in [-0.4, -0.2) is 41.7 Å². The first-order valence-electron chi connectivity index (χ1n) is 7.65. The van der Waals surface area contributed by atoms with Crippen molar-refractivity contribution in [3.05, 3.63) is 35.4 Å². The maximum Gasteiger partial charge on any atom is 0.234 e. The molecule has 0 saturated carbocycles. The summed E-state index contributed by atoms with van der Waals surface area (Å²) in [4.78, 5) is 14.1. The van der Waals surface area contributed by atoms with E-state index in [-0.39, 0.29) is 25.6 Å². The minimum Gasteiger partial charge on any atom is -0.396 e. The van der Waals surface area contributed by atoms with Gasteiger partial charge in [0.25, 0.3) is 0 Å². The van der Waals surface area contributed by atoms with Crippen molar-refractivity contribution in [1.82, 2.24) is 10.2 Å². The van der Waals surface area contributed by atoms with Crippen molar-refractivity contribution in [3.63, 3.8) is 0 Å². The molecule has 6 heteroatoms. The molecule has 1 fully saturated rings. The molecule has 1 aliphatic heterocycles. The molecule has 0 bridgehead atoms. The number of nitrogens with one attached hydrogen (secondary N) is 1. The topological polar surface area (TPSA) is 52.6 Å². The molecule has 1 aromatic rings. The monoisotopic (exact) mass is 312 g/mol. The van der Waals surface area contributed by atoms with Gasteiger partial charge in [-0.1, -0.05) is 0 Å². The first-order chi connectivity index (χ1) is 10.6. The van der Waals surface area contributed by atoms with E-state index in [0.29, 0.717) is 11.6 Å². The second kappa shape index (κ2) is 8.19. The third kappa shape index (κ3) is 5.03. The fourth-order valence-corrected chi connectivity index (χ4v) is 2.91. The molecule has 1 atom stereocenters. The summed E-state index contributed by atoms with van der Waals surface area (Å²) in [6.07, 6.45) is 3.73. The summed E-state index contributed by atoms with van der Waals surface area (Å²) in [5, 5.41) is 11.6. The van der Waals surface area contributed by atoms with Crippen LogP contribution in [0.2, 0.25) is 0 Å². The molecule has 2 N–H and O–H groups in total. The maximum atomic E-state index is 13.1. The standard InChI is InChI=1S/C16H22F2N2O2/c17-13-7-12(8-14(18)9-13)10-19-16(22)11-20-5-1-3-15(20)4-2-6-21/h7-9,15,21H,1-6,10-11H2,(H,19,22). The number of carbonyl (C=O) groups excluding carboxylic acids is 1. The molecule has 2 rings (SSSR count). The number of hydrogen-bond donors (Lipinski definition) is 2. The number of likely N-dealkylation sites (tertiary alicyclic amines) is 1. The van der Waals surface area contributed by atoms with Crippen LogP contribution < -0.4 is 5.32 Å². The molecular formula is C16H22F2N2O2. The van der Waals surface area contributed by atoms with E-state index in [9.17, 15) is 13.6 Å². The minimum atomic E-state index is -0.646. The van der Waals surface area contributed by atoms with Gasteiger partial charge in [0.2, 0.25) is 5.91 Å². The van der Waals surface area contributed by atoms with Gasteiger partial charge < -0.3 is 10.4 Å².